The maximum atomic E-state index is 11.4. The summed E-state index contributed by atoms with van der Waals surface area (Å²) in [4.78, 5) is 45.2. The molecular weight excluding hydrogens is 437 g/mol. The van der Waals surface area contributed by atoms with Gasteiger partial charge in [0.05, 0.1) is 3.92 Å². The number of rotatable bonds is 5. The first-order valence-corrected chi connectivity index (χ1v) is 8.40. The topological polar surface area (TPSA) is 117 Å². The van der Waals surface area contributed by atoms with Gasteiger partial charge in [0.2, 0.25) is 5.91 Å². The van der Waals surface area contributed by atoms with Crippen LogP contribution in [-0.4, -0.2) is 58.9 Å². The van der Waals surface area contributed by atoms with Gasteiger partial charge in [-0.3, -0.25) is 19.2 Å². The second-order valence-electron chi connectivity index (χ2n) is 5.19. The summed E-state index contributed by atoms with van der Waals surface area (Å²) >= 11 is 1.95. The molecule has 1 heterocycles. The lowest BCUT2D eigenvalue weighted by atomic mass is 10.00. The van der Waals surface area contributed by atoms with Crippen LogP contribution in [0.15, 0.2) is 0 Å². The fourth-order valence-corrected chi connectivity index (χ4v) is 3.12. The van der Waals surface area contributed by atoms with E-state index in [0.717, 1.165) is 0 Å². The zero-order valence-electron chi connectivity index (χ0n) is 13.7. The second kappa shape index (κ2) is 9.16. The van der Waals surface area contributed by atoms with Crippen molar-refractivity contribution >= 4 is 46.4 Å². The molecule has 1 aliphatic heterocycles. The first kappa shape index (κ1) is 20.6. The molecule has 0 aromatic heterocycles. The number of carbonyl (C=O) groups excluding carboxylic acids is 4. The van der Waals surface area contributed by atoms with Gasteiger partial charge in [0.25, 0.3) is 0 Å². The molecule has 0 saturated carbocycles. The highest BCUT2D eigenvalue weighted by Gasteiger charge is 2.49. The summed E-state index contributed by atoms with van der Waals surface area (Å²) in [5.74, 6) is -2.07. The summed E-state index contributed by atoms with van der Waals surface area (Å²) in [6.45, 7) is 4.74. The predicted octanol–water partition coefficient (Wildman–Crippen LogP) is 0.0775. The van der Waals surface area contributed by atoms with Crippen molar-refractivity contribution in [2.75, 3.05) is 6.61 Å². The fraction of sp³-hybridized carbons (Fsp3) is 0.714. The number of esters is 3. The van der Waals surface area contributed by atoms with E-state index < -0.39 is 46.4 Å². The summed E-state index contributed by atoms with van der Waals surface area (Å²) in [6, 6.07) is 0. The smallest absolute Gasteiger partial charge is 0.303 e. The van der Waals surface area contributed by atoms with Gasteiger partial charge >= 0.3 is 17.9 Å². The third-order valence-electron chi connectivity index (χ3n) is 3.02. The van der Waals surface area contributed by atoms with E-state index in [9.17, 15) is 19.2 Å². The first-order chi connectivity index (χ1) is 11.1. The van der Waals surface area contributed by atoms with Gasteiger partial charge in [-0.15, -0.1) is 0 Å². The molecular formula is C14H20INO8. The Labute approximate surface area is 152 Å². The Bertz CT molecular complexity index is 495. The van der Waals surface area contributed by atoms with Crippen LogP contribution in [0.3, 0.4) is 0 Å². The molecule has 0 unspecified atom stereocenters. The molecule has 24 heavy (non-hydrogen) atoms. The number of hydrogen-bond donors (Lipinski definition) is 1. The van der Waals surface area contributed by atoms with E-state index >= 15 is 0 Å². The average molecular weight is 457 g/mol. The maximum absolute atomic E-state index is 11.4. The normalized spacial score (nSPS) is 29.3. The number of amides is 1. The van der Waals surface area contributed by atoms with E-state index in [0.29, 0.717) is 0 Å². The van der Waals surface area contributed by atoms with Gasteiger partial charge in [0.15, 0.2) is 12.2 Å². The SMILES string of the molecule is CC(=O)N[C@H]1O[C@H](COC(C)=O)[C@@H](OC(C)=O)[C@H](OC(C)=O)[C@@H]1I. The molecule has 5 atom stereocenters. The quantitative estimate of drug-likeness (QED) is 0.267. The molecule has 1 N–H and O–H groups in total. The number of hydrogen-bond acceptors (Lipinski definition) is 8. The largest absolute Gasteiger partial charge is 0.463 e. The lowest BCUT2D eigenvalue weighted by Crippen LogP contribution is -2.63. The van der Waals surface area contributed by atoms with Crippen molar-refractivity contribution in [2.45, 2.75) is 56.2 Å². The predicted molar refractivity (Wildman–Crippen MR) is 88.0 cm³/mol. The Morgan fingerprint density at radius 2 is 1.50 bits per heavy atom. The van der Waals surface area contributed by atoms with E-state index in [-0.39, 0.29) is 12.5 Å². The Morgan fingerprint density at radius 1 is 0.958 bits per heavy atom. The summed E-state index contributed by atoms with van der Waals surface area (Å²) in [6.07, 6.45) is -3.55. The Morgan fingerprint density at radius 3 is 1.96 bits per heavy atom. The number of alkyl halides is 1. The van der Waals surface area contributed by atoms with E-state index in [1.165, 1.54) is 27.7 Å². The van der Waals surface area contributed by atoms with E-state index in [1.54, 1.807) is 0 Å². The molecule has 1 aliphatic rings. The van der Waals surface area contributed by atoms with Crippen molar-refractivity contribution in [1.82, 2.24) is 5.32 Å². The van der Waals surface area contributed by atoms with Crippen molar-refractivity contribution in [3.63, 3.8) is 0 Å². The van der Waals surface area contributed by atoms with Crippen molar-refractivity contribution < 1.29 is 38.1 Å². The minimum atomic E-state index is -0.974. The maximum Gasteiger partial charge on any atom is 0.303 e. The highest BCUT2D eigenvalue weighted by Crippen LogP contribution is 2.30. The lowest BCUT2D eigenvalue weighted by Gasteiger charge is -2.43. The molecule has 0 aliphatic carbocycles. The summed E-state index contributed by atoms with van der Waals surface area (Å²) in [5.41, 5.74) is 0. The molecule has 0 spiro atoms. The van der Waals surface area contributed by atoms with Gasteiger partial charge in [-0.05, 0) is 0 Å². The van der Waals surface area contributed by atoms with Crippen LogP contribution in [-0.2, 0) is 38.1 Å². The molecule has 0 aromatic carbocycles. The van der Waals surface area contributed by atoms with Gasteiger partial charge in [0.1, 0.15) is 18.9 Å². The number of ether oxygens (including phenoxy) is 4. The summed E-state index contributed by atoms with van der Waals surface area (Å²) < 4.78 is 20.6. The third-order valence-corrected chi connectivity index (χ3v) is 4.38. The molecule has 0 aromatic rings. The van der Waals surface area contributed by atoms with Gasteiger partial charge in [0, 0.05) is 27.7 Å². The van der Waals surface area contributed by atoms with Crippen molar-refractivity contribution in [3.05, 3.63) is 0 Å². The first-order valence-electron chi connectivity index (χ1n) is 7.16. The fourth-order valence-electron chi connectivity index (χ4n) is 2.21. The van der Waals surface area contributed by atoms with Gasteiger partial charge in [-0.25, -0.2) is 0 Å². The van der Waals surface area contributed by atoms with Gasteiger partial charge in [-0.1, -0.05) is 22.6 Å². The van der Waals surface area contributed by atoms with Crippen LogP contribution < -0.4 is 5.32 Å². The molecule has 1 fully saturated rings. The Hall–Kier alpha value is -1.43. The Kier molecular flexibility index (Phi) is 7.87. The molecule has 10 heteroatoms. The highest BCUT2D eigenvalue weighted by atomic mass is 127. The summed E-state index contributed by atoms with van der Waals surface area (Å²) in [5, 5.41) is 2.59. The van der Waals surface area contributed by atoms with Crippen molar-refractivity contribution in [1.29, 1.82) is 0 Å². The number of halogens is 1. The Balaban J connectivity index is 3.08. The van der Waals surface area contributed by atoms with Crippen LogP contribution in [0, 0.1) is 0 Å². The lowest BCUT2D eigenvalue weighted by molar-refractivity contribution is -0.214. The molecule has 0 bridgehead atoms. The van der Waals surface area contributed by atoms with Crippen LogP contribution in [0.1, 0.15) is 27.7 Å². The van der Waals surface area contributed by atoms with Crippen LogP contribution >= 0.6 is 22.6 Å². The van der Waals surface area contributed by atoms with Crippen LogP contribution in [0.2, 0.25) is 0 Å². The minimum Gasteiger partial charge on any atom is -0.463 e. The molecule has 9 nitrogen and oxygen atoms in total. The zero-order chi connectivity index (χ0) is 18.4. The average Bonchev–Trinajstić information content (AvgIpc) is 2.42. The van der Waals surface area contributed by atoms with E-state index in [2.05, 4.69) is 5.32 Å². The highest BCUT2D eigenvalue weighted by molar-refractivity contribution is 14.1. The minimum absolute atomic E-state index is 0.218. The standard InChI is InChI=1S/C14H20INO8/c1-6(17)16-14-11(15)13(23-9(4)20)12(22-8(3)19)10(24-14)5-21-7(2)18/h10-14H,5H2,1-4H3,(H,16,17)/t10-,11+,12-,13-,14+/m1/s1. The molecule has 1 saturated heterocycles. The number of nitrogens with one attached hydrogen (secondary N) is 1. The van der Waals surface area contributed by atoms with Gasteiger partial charge in [-0.2, -0.15) is 0 Å². The molecule has 1 rings (SSSR count). The van der Waals surface area contributed by atoms with Gasteiger partial charge < -0.3 is 24.3 Å². The molecule has 1 amide bonds. The van der Waals surface area contributed by atoms with E-state index in [1.807, 2.05) is 22.6 Å². The second-order valence-corrected chi connectivity index (χ2v) is 6.63. The van der Waals surface area contributed by atoms with Crippen LogP contribution in [0.4, 0.5) is 0 Å². The molecule has 0 radical (unpaired) electrons. The molecule has 136 valence electrons. The zero-order valence-corrected chi connectivity index (χ0v) is 15.9. The van der Waals surface area contributed by atoms with E-state index in [4.69, 9.17) is 18.9 Å². The van der Waals surface area contributed by atoms with Crippen molar-refractivity contribution in [3.8, 4) is 0 Å². The summed E-state index contributed by atoms with van der Waals surface area (Å²) in [7, 11) is 0. The monoisotopic (exact) mass is 457 g/mol. The van der Waals surface area contributed by atoms with Crippen LogP contribution in [0.25, 0.3) is 0 Å². The number of carbonyl (C=O) groups is 4. The third kappa shape index (κ3) is 6.23. The van der Waals surface area contributed by atoms with Crippen molar-refractivity contribution in [2.24, 2.45) is 0 Å². The van der Waals surface area contributed by atoms with Crippen LogP contribution in [0.5, 0.6) is 0 Å².